The highest BCUT2D eigenvalue weighted by Gasteiger charge is 2.38. The third kappa shape index (κ3) is 3.44. The number of piperazine rings is 1. The molecule has 2 aliphatic rings. The van der Waals surface area contributed by atoms with Gasteiger partial charge < -0.3 is 10.4 Å². The second-order valence-electron chi connectivity index (χ2n) is 5.03. The van der Waals surface area contributed by atoms with Gasteiger partial charge in [-0.15, -0.1) is 0 Å². The largest absolute Gasteiger partial charge is 0.481 e. The average Bonchev–Trinajstić information content (AvgIpc) is 2.32. The predicted molar refractivity (Wildman–Crippen MR) is 67.4 cm³/mol. The van der Waals surface area contributed by atoms with E-state index in [1.54, 1.807) is 0 Å². The first-order chi connectivity index (χ1) is 8.89. The van der Waals surface area contributed by atoms with Crippen LogP contribution in [0.2, 0.25) is 0 Å². The molecule has 0 aromatic heterocycles. The van der Waals surface area contributed by atoms with Crippen LogP contribution in [-0.2, 0) is 19.4 Å². The molecule has 108 valence electrons. The van der Waals surface area contributed by atoms with E-state index >= 15 is 0 Å². The zero-order valence-electron chi connectivity index (χ0n) is 10.5. The van der Waals surface area contributed by atoms with Crippen LogP contribution in [0.4, 0.5) is 0 Å². The lowest BCUT2D eigenvalue weighted by Gasteiger charge is -2.41. The maximum Gasteiger partial charge on any atom is 0.305 e. The molecule has 2 saturated heterocycles. The third-order valence-electron chi connectivity index (χ3n) is 3.73. The monoisotopic (exact) mass is 290 g/mol. The Bertz CT molecular complexity index is 461. The van der Waals surface area contributed by atoms with Crippen LogP contribution < -0.4 is 5.32 Å². The predicted octanol–water partition coefficient (Wildman–Crippen LogP) is -1.16. The molecule has 0 bridgehead atoms. The Labute approximate surface area is 111 Å². The minimum Gasteiger partial charge on any atom is -0.481 e. The smallest absolute Gasteiger partial charge is 0.305 e. The van der Waals surface area contributed by atoms with Crippen LogP contribution in [0.15, 0.2) is 0 Å². The Hall–Kier alpha value is -1.15. The molecule has 0 aromatic carbocycles. The van der Waals surface area contributed by atoms with Crippen LogP contribution in [0.1, 0.15) is 19.3 Å². The Morgan fingerprint density at radius 2 is 2.00 bits per heavy atom. The highest BCUT2D eigenvalue weighted by molar-refractivity contribution is 7.91. The molecule has 0 spiro atoms. The lowest BCUT2D eigenvalue weighted by Crippen LogP contribution is -2.60. The van der Waals surface area contributed by atoms with Gasteiger partial charge in [0.2, 0.25) is 5.91 Å². The summed E-state index contributed by atoms with van der Waals surface area (Å²) in [7, 11) is -2.95. The molecule has 0 saturated carbocycles. The van der Waals surface area contributed by atoms with Gasteiger partial charge in [0.25, 0.3) is 0 Å². The summed E-state index contributed by atoms with van der Waals surface area (Å²) in [5, 5.41) is 11.5. The van der Waals surface area contributed by atoms with Crippen molar-refractivity contribution in [3.8, 4) is 0 Å². The van der Waals surface area contributed by atoms with Gasteiger partial charge in [0, 0.05) is 19.1 Å². The molecular formula is C11H18N2O5S. The molecule has 1 unspecified atom stereocenters. The summed E-state index contributed by atoms with van der Waals surface area (Å²) >= 11 is 0. The fraction of sp³-hybridized carbons (Fsp3) is 0.818. The second-order valence-corrected chi connectivity index (χ2v) is 7.33. The zero-order valence-corrected chi connectivity index (χ0v) is 11.4. The van der Waals surface area contributed by atoms with E-state index in [-0.39, 0.29) is 29.9 Å². The third-order valence-corrected chi connectivity index (χ3v) is 5.45. The first-order valence-corrected chi connectivity index (χ1v) is 8.17. The number of hydrogen-bond donors (Lipinski definition) is 2. The van der Waals surface area contributed by atoms with Crippen molar-refractivity contribution < 1.29 is 23.1 Å². The summed E-state index contributed by atoms with van der Waals surface area (Å²) in [6, 6.07) is -0.698. The summed E-state index contributed by atoms with van der Waals surface area (Å²) in [4.78, 5) is 24.5. The van der Waals surface area contributed by atoms with Crippen molar-refractivity contribution in [2.75, 3.05) is 24.6 Å². The molecule has 7 nitrogen and oxygen atoms in total. The van der Waals surface area contributed by atoms with Crippen LogP contribution in [0.3, 0.4) is 0 Å². The van der Waals surface area contributed by atoms with Crippen molar-refractivity contribution in [2.45, 2.75) is 31.3 Å². The number of carbonyl (C=O) groups excluding carboxylic acids is 1. The minimum absolute atomic E-state index is 0.0149. The van der Waals surface area contributed by atoms with Gasteiger partial charge in [0.05, 0.1) is 24.0 Å². The number of nitrogens with zero attached hydrogens (tertiary/aromatic N) is 1. The highest BCUT2D eigenvalue weighted by atomic mass is 32.2. The summed E-state index contributed by atoms with van der Waals surface area (Å²) in [5.41, 5.74) is 0. The number of carbonyl (C=O) groups is 2. The van der Waals surface area contributed by atoms with Crippen LogP contribution >= 0.6 is 0 Å². The van der Waals surface area contributed by atoms with Gasteiger partial charge in [-0.05, 0) is 12.8 Å². The standard InChI is InChI=1S/C11H18N2O5S/c14-10(15)7-9-11(16)12-3-4-13(9)8-1-5-19(17,18)6-2-8/h8-9H,1-7H2,(H,12,16)(H,14,15). The van der Waals surface area contributed by atoms with E-state index in [1.807, 2.05) is 4.90 Å². The molecule has 2 fully saturated rings. The highest BCUT2D eigenvalue weighted by Crippen LogP contribution is 2.22. The summed E-state index contributed by atoms with van der Waals surface area (Å²) < 4.78 is 22.8. The van der Waals surface area contributed by atoms with E-state index in [0.29, 0.717) is 25.9 Å². The van der Waals surface area contributed by atoms with Crippen molar-refractivity contribution in [2.24, 2.45) is 0 Å². The van der Waals surface area contributed by atoms with E-state index in [9.17, 15) is 18.0 Å². The number of amides is 1. The zero-order chi connectivity index (χ0) is 14.0. The van der Waals surface area contributed by atoms with Crippen LogP contribution in [0.25, 0.3) is 0 Å². The van der Waals surface area contributed by atoms with Gasteiger partial charge in [0.1, 0.15) is 9.84 Å². The van der Waals surface area contributed by atoms with Crippen LogP contribution in [0.5, 0.6) is 0 Å². The number of hydrogen-bond acceptors (Lipinski definition) is 5. The topological polar surface area (TPSA) is 104 Å². The van der Waals surface area contributed by atoms with Crippen LogP contribution in [-0.4, -0.2) is 67.0 Å². The maximum absolute atomic E-state index is 11.8. The van der Waals surface area contributed by atoms with E-state index in [0.717, 1.165) is 0 Å². The molecule has 19 heavy (non-hydrogen) atoms. The Morgan fingerprint density at radius 1 is 1.37 bits per heavy atom. The van der Waals surface area contributed by atoms with Gasteiger partial charge in [0.15, 0.2) is 0 Å². The van der Waals surface area contributed by atoms with Crippen LogP contribution in [0, 0.1) is 0 Å². The van der Waals surface area contributed by atoms with Crippen molar-refractivity contribution in [1.29, 1.82) is 0 Å². The molecule has 0 aromatic rings. The molecule has 1 amide bonds. The number of sulfone groups is 1. The number of carboxylic acids is 1. The lowest BCUT2D eigenvalue weighted by molar-refractivity contribution is -0.144. The molecular weight excluding hydrogens is 272 g/mol. The Kier molecular flexibility index (Phi) is 4.10. The number of carboxylic acid groups (broad SMARTS) is 1. The summed E-state index contributed by atoms with van der Waals surface area (Å²) in [6.45, 7) is 1.06. The molecule has 2 aliphatic heterocycles. The van der Waals surface area contributed by atoms with Gasteiger partial charge >= 0.3 is 5.97 Å². The molecule has 1 atom stereocenters. The van der Waals surface area contributed by atoms with E-state index in [1.165, 1.54) is 0 Å². The van der Waals surface area contributed by atoms with E-state index < -0.39 is 21.8 Å². The normalized spacial score (nSPS) is 28.8. The second kappa shape index (κ2) is 5.46. The summed E-state index contributed by atoms with van der Waals surface area (Å²) in [6.07, 6.45) is 0.715. The van der Waals surface area contributed by atoms with Gasteiger partial charge in [-0.25, -0.2) is 8.42 Å². The first-order valence-electron chi connectivity index (χ1n) is 6.35. The van der Waals surface area contributed by atoms with E-state index in [4.69, 9.17) is 5.11 Å². The maximum atomic E-state index is 11.8. The molecule has 0 aliphatic carbocycles. The molecule has 2 rings (SSSR count). The summed E-state index contributed by atoms with van der Waals surface area (Å²) in [5.74, 6) is -1.05. The minimum atomic E-state index is -2.95. The van der Waals surface area contributed by atoms with Crippen molar-refractivity contribution >= 4 is 21.7 Å². The van der Waals surface area contributed by atoms with Crippen molar-refractivity contribution in [3.05, 3.63) is 0 Å². The Balaban J connectivity index is 2.07. The number of nitrogens with one attached hydrogen (secondary N) is 1. The number of rotatable bonds is 3. The quantitative estimate of drug-likeness (QED) is 0.679. The molecule has 2 N–H and O–H groups in total. The lowest BCUT2D eigenvalue weighted by atomic mass is 10.0. The van der Waals surface area contributed by atoms with Crippen molar-refractivity contribution in [3.63, 3.8) is 0 Å². The SMILES string of the molecule is O=C(O)CC1C(=O)NCCN1C1CCS(=O)(=O)CC1. The van der Waals surface area contributed by atoms with Gasteiger partial charge in [-0.3, -0.25) is 14.5 Å². The van der Waals surface area contributed by atoms with Gasteiger partial charge in [-0.1, -0.05) is 0 Å². The van der Waals surface area contributed by atoms with Gasteiger partial charge in [-0.2, -0.15) is 0 Å². The fourth-order valence-electron chi connectivity index (χ4n) is 2.75. The average molecular weight is 290 g/mol. The fourth-order valence-corrected chi connectivity index (χ4v) is 4.22. The molecule has 8 heteroatoms. The molecule has 2 heterocycles. The number of aliphatic carboxylic acids is 1. The first kappa shape index (κ1) is 14.3. The van der Waals surface area contributed by atoms with E-state index in [2.05, 4.69) is 5.32 Å². The Morgan fingerprint density at radius 3 is 2.58 bits per heavy atom. The van der Waals surface area contributed by atoms with Crippen molar-refractivity contribution in [1.82, 2.24) is 10.2 Å². The molecule has 0 radical (unpaired) electrons.